The molecule has 4 aliphatic rings. The number of aliphatic carboxylic acids is 1. The standard InChI is InChI=1S/C33H55N3O24/c1-9(39)34-17-12(42)4-33(32(52)53,60-28(17)20(44)13(43)5-37)55-8-16-21(45)23(47)19(36-11(3)41)30(57-16)54-7-15-22(46)25(49)26(50)31(58-15)59-27-14(6-38)56-29(51)18(24(27)48)35-10(2)40/h12-31,37-38,42-51H,4-8H2,1-3H3,(H,34,39)(H,35,40)(H,36,41)(H,52,53)/t12-,13+,14+,15+,16+,17+,18+,19+,20+,21+,22-,23+,24+,25-,26+,27+,28+,29+,30+,31-,33+/m0/s1. The lowest BCUT2D eigenvalue weighted by Gasteiger charge is -2.48. The van der Waals surface area contributed by atoms with E-state index in [0.29, 0.717) is 0 Å². The SMILES string of the molecule is CC(=O)N[C@@H]1[C@@H](O)[C@H](O[C@@H]2O[C@H](CO[C@@H]3O[C@H](CO[C@]4(C(=O)O)C[C@H](O)[C@@H](NC(C)=O)[C@H]([C@H](O)[C@H](O)CO)O4)[C@@H](O)[C@H](O)[C@H]3NC(C)=O)[C@H](O)[C@H](O)[C@H]2O)[C@@H](CO)O[C@H]1O. The van der Waals surface area contributed by atoms with Crippen molar-refractivity contribution in [3.8, 4) is 0 Å². The molecule has 3 amide bonds. The van der Waals surface area contributed by atoms with Gasteiger partial charge in [-0.2, -0.15) is 0 Å². The number of aliphatic hydroxyl groups excluding tert-OH is 12. The van der Waals surface area contributed by atoms with Crippen LogP contribution >= 0.6 is 0 Å². The Morgan fingerprint density at radius 1 is 0.683 bits per heavy atom. The van der Waals surface area contributed by atoms with Crippen molar-refractivity contribution < 1.29 is 119 Å². The van der Waals surface area contributed by atoms with E-state index >= 15 is 0 Å². The van der Waals surface area contributed by atoms with Crippen LogP contribution in [0.2, 0.25) is 0 Å². The van der Waals surface area contributed by atoms with Gasteiger partial charge < -0.3 is 115 Å². The third-order valence-corrected chi connectivity index (χ3v) is 10.4. The van der Waals surface area contributed by atoms with Crippen LogP contribution in [0, 0.1) is 0 Å². The van der Waals surface area contributed by atoms with Crippen LogP contribution in [0.5, 0.6) is 0 Å². The van der Waals surface area contributed by atoms with E-state index in [0.717, 1.165) is 20.8 Å². The Morgan fingerprint density at radius 3 is 1.80 bits per heavy atom. The molecule has 0 aliphatic carbocycles. The fraction of sp³-hybridized carbons (Fsp3) is 0.879. The van der Waals surface area contributed by atoms with E-state index in [1.165, 1.54) is 0 Å². The first-order valence-electron chi connectivity index (χ1n) is 18.7. The first kappa shape index (κ1) is 49.8. The third kappa shape index (κ3) is 11.2. The molecule has 16 N–H and O–H groups in total. The van der Waals surface area contributed by atoms with Crippen LogP contribution in [0.1, 0.15) is 27.2 Å². The second-order valence-corrected chi connectivity index (χ2v) is 14.9. The number of hydrogen-bond acceptors (Lipinski definition) is 23. The van der Waals surface area contributed by atoms with Gasteiger partial charge in [-0.1, -0.05) is 0 Å². The fourth-order valence-electron chi connectivity index (χ4n) is 7.25. The van der Waals surface area contributed by atoms with Crippen molar-refractivity contribution in [1.29, 1.82) is 0 Å². The van der Waals surface area contributed by atoms with Gasteiger partial charge >= 0.3 is 5.97 Å². The average Bonchev–Trinajstić information content (AvgIpc) is 3.18. The predicted molar refractivity (Wildman–Crippen MR) is 186 cm³/mol. The summed E-state index contributed by atoms with van der Waals surface area (Å²) in [7, 11) is 0. The maximum atomic E-state index is 12.6. The van der Waals surface area contributed by atoms with Crippen molar-refractivity contribution in [2.75, 3.05) is 26.4 Å². The van der Waals surface area contributed by atoms with E-state index in [2.05, 4.69) is 16.0 Å². The molecule has 27 nitrogen and oxygen atoms in total. The van der Waals surface area contributed by atoms with Gasteiger partial charge in [-0.3, -0.25) is 14.4 Å². The summed E-state index contributed by atoms with van der Waals surface area (Å²) < 4.78 is 39.1. The number of amides is 3. The molecule has 4 heterocycles. The highest BCUT2D eigenvalue weighted by Gasteiger charge is 2.57. The molecule has 0 spiro atoms. The van der Waals surface area contributed by atoms with Gasteiger partial charge in [-0.15, -0.1) is 0 Å². The minimum absolute atomic E-state index is 0.690. The molecule has 0 aromatic heterocycles. The van der Waals surface area contributed by atoms with E-state index in [4.69, 9.17) is 33.2 Å². The first-order chi connectivity index (χ1) is 28.1. The van der Waals surface area contributed by atoms with Crippen molar-refractivity contribution in [2.24, 2.45) is 0 Å². The topological polar surface area (TPSA) is 432 Å². The van der Waals surface area contributed by atoms with E-state index in [1.807, 2.05) is 0 Å². The van der Waals surface area contributed by atoms with Crippen LogP contribution in [-0.4, -0.2) is 245 Å². The number of hydrogen-bond donors (Lipinski definition) is 16. The number of ether oxygens (including phenoxy) is 7. The lowest BCUT2D eigenvalue weighted by molar-refractivity contribution is -0.354. The molecule has 21 atom stereocenters. The van der Waals surface area contributed by atoms with Crippen LogP contribution in [-0.2, 0) is 52.3 Å². The second-order valence-electron chi connectivity index (χ2n) is 14.9. The summed E-state index contributed by atoms with van der Waals surface area (Å²) in [4.78, 5) is 48.3. The lowest BCUT2D eigenvalue weighted by Crippen LogP contribution is -2.69. The molecule has 0 radical (unpaired) electrons. The van der Waals surface area contributed by atoms with Crippen molar-refractivity contribution in [3.05, 3.63) is 0 Å². The monoisotopic (exact) mass is 877 g/mol. The van der Waals surface area contributed by atoms with Gasteiger partial charge in [-0.05, 0) is 0 Å². The number of carbonyl (C=O) groups excluding carboxylic acids is 3. The van der Waals surface area contributed by atoms with E-state index in [-0.39, 0.29) is 0 Å². The van der Waals surface area contributed by atoms with Crippen molar-refractivity contribution in [3.63, 3.8) is 0 Å². The number of carboxylic acids is 1. The van der Waals surface area contributed by atoms with Gasteiger partial charge in [0.1, 0.15) is 91.4 Å². The summed E-state index contributed by atoms with van der Waals surface area (Å²) in [6, 6.07) is -4.63. The lowest BCUT2D eigenvalue weighted by atomic mass is 9.88. The molecule has 27 heteroatoms. The minimum Gasteiger partial charge on any atom is -0.477 e. The van der Waals surface area contributed by atoms with E-state index < -0.39 is 185 Å². The zero-order valence-electron chi connectivity index (χ0n) is 32.4. The third-order valence-electron chi connectivity index (χ3n) is 10.4. The fourth-order valence-corrected chi connectivity index (χ4v) is 7.25. The summed E-state index contributed by atoms with van der Waals surface area (Å²) in [6.07, 6.45) is -32.6. The molecule has 0 bridgehead atoms. The number of carbonyl (C=O) groups is 4. The van der Waals surface area contributed by atoms with Crippen molar-refractivity contribution >= 4 is 23.7 Å². The normalized spacial score (nSPS) is 43.3. The Kier molecular flexibility index (Phi) is 17.4. The Bertz CT molecular complexity index is 1470. The minimum atomic E-state index is -2.90. The molecular weight excluding hydrogens is 822 g/mol. The van der Waals surface area contributed by atoms with Gasteiger partial charge in [0.25, 0.3) is 5.79 Å². The highest BCUT2D eigenvalue weighted by molar-refractivity contribution is 5.76. The predicted octanol–water partition coefficient (Wildman–Crippen LogP) is -10.1. The molecule has 0 aromatic rings. The summed E-state index contributed by atoms with van der Waals surface area (Å²) in [5.41, 5.74) is 0. The van der Waals surface area contributed by atoms with E-state index in [1.54, 1.807) is 0 Å². The number of aliphatic hydroxyl groups is 12. The molecular formula is C33H55N3O24. The molecule has 4 saturated heterocycles. The van der Waals surface area contributed by atoms with Gasteiger partial charge in [0.05, 0.1) is 38.6 Å². The molecule has 4 fully saturated rings. The second kappa shape index (κ2) is 21.0. The highest BCUT2D eigenvalue weighted by Crippen LogP contribution is 2.35. The van der Waals surface area contributed by atoms with Crippen LogP contribution in [0.3, 0.4) is 0 Å². The van der Waals surface area contributed by atoms with Gasteiger partial charge in [0.2, 0.25) is 17.7 Å². The number of carboxylic acid groups (broad SMARTS) is 1. The summed E-state index contributed by atoms with van der Waals surface area (Å²) in [5, 5.41) is 144. The highest BCUT2D eigenvalue weighted by atomic mass is 16.8. The van der Waals surface area contributed by atoms with Gasteiger partial charge in [0, 0.05) is 27.2 Å². The Morgan fingerprint density at radius 2 is 1.23 bits per heavy atom. The van der Waals surface area contributed by atoms with Crippen LogP contribution in [0.4, 0.5) is 0 Å². The zero-order chi connectivity index (χ0) is 45.0. The van der Waals surface area contributed by atoms with Crippen molar-refractivity contribution in [2.45, 2.75) is 155 Å². The molecule has 0 unspecified atom stereocenters. The molecule has 60 heavy (non-hydrogen) atoms. The zero-order valence-corrected chi connectivity index (χ0v) is 32.4. The molecule has 346 valence electrons. The summed E-state index contributed by atoms with van der Waals surface area (Å²) >= 11 is 0. The molecule has 0 aromatic carbocycles. The molecule has 0 saturated carbocycles. The van der Waals surface area contributed by atoms with Gasteiger partial charge in [0.15, 0.2) is 18.9 Å². The Labute approximate surface area is 340 Å². The quantitative estimate of drug-likeness (QED) is 0.0684. The largest absolute Gasteiger partial charge is 0.477 e. The van der Waals surface area contributed by atoms with Crippen LogP contribution in [0.15, 0.2) is 0 Å². The summed E-state index contributed by atoms with van der Waals surface area (Å²) in [6.45, 7) is -0.588. The smallest absolute Gasteiger partial charge is 0.364 e. The van der Waals surface area contributed by atoms with Gasteiger partial charge in [-0.25, -0.2) is 4.79 Å². The Balaban J connectivity index is 1.53. The molecule has 4 aliphatic heterocycles. The van der Waals surface area contributed by atoms with Crippen LogP contribution in [0.25, 0.3) is 0 Å². The van der Waals surface area contributed by atoms with E-state index in [9.17, 15) is 85.6 Å². The molecule has 4 rings (SSSR count). The van der Waals surface area contributed by atoms with Crippen LogP contribution < -0.4 is 16.0 Å². The maximum absolute atomic E-state index is 12.6. The van der Waals surface area contributed by atoms with Crippen molar-refractivity contribution in [1.82, 2.24) is 16.0 Å². The summed E-state index contributed by atoms with van der Waals surface area (Å²) in [5.74, 6) is -7.02. The Hall–Kier alpha value is -2.88. The average molecular weight is 878 g/mol. The number of rotatable bonds is 16. The first-order valence-corrected chi connectivity index (χ1v) is 18.7. The number of nitrogens with one attached hydrogen (secondary N) is 3. The maximum Gasteiger partial charge on any atom is 0.364 e.